The molecule has 1 saturated carbocycles. The van der Waals surface area contributed by atoms with E-state index in [1.807, 2.05) is 12.1 Å². The first-order valence-corrected chi connectivity index (χ1v) is 5.70. The molecule has 0 atom stereocenters. The Bertz CT molecular complexity index is 326. The van der Waals surface area contributed by atoms with Gasteiger partial charge in [-0.3, -0.25) is 0 Å². The van der Waals surface area contributed by atoms with Crippen LogP contribution >= 0.6 is 0 Å². The van der Waals surface area contributed by atoms with Crippen molar-refractivity contribution in [2.45, 2.75) is 32.6 Å². The minimum atomic E-state index is 0.516. The minimum Gasteiger partial charge on any atom is -0.382 e. The van der Waals surface area contributed by atoms with Gasteiger partial charge in [-0.05, 0) is 36.8 Å². The topological polar surface area (TPSA) is 50.9 Å². The monoisotopic (exact) mass is 205 g/mol. The Morgan fingerprint density at radius 3 is 2.87 bits per heavy atom. The Hall–Kier alpha value is -1.25. The number of rotatable bonds is 4. The van der Waals surface area contributed by atoms with Crippen molar-refractivity contribution in [2.24, 2.45) is 5.41 Å². The predicted molar refractivity (Wildman–Crippen MR) is 63.7 cm³/mol. The van der Waals surface area contributed by atoms with Gasteiger partial charge >= 0.3 is 0 Å². The molecule has 1 aromatic heterocycles. The molecule has 3 nitrogen and oxygen atoms in total. The SMILES string of the molecule is CCC1(CNc2cccnc2N)CCC1. The van der Waals surface area contributed by atoms with Crippen LogP contribution in [0, 0.1) is 5.41 Å². The van der Waals surface area contributed by atoms with Crippen LogP contribution < -0.4 is 11.1 Å². The van der Waals surface area contributed by atoms with E-state index in [1.165, 1.54) is 25.7 Å². The molecule has 3 heteroatoms. The zero-order chi connectivity index (χ0) is 10.7. The highest BCUT2D eigenvalue weighted by atomic mass is 15.0. The number of nitrogens with one attached hydrogen (secondary N) is 1. The number of nitrogen functional groups attached to an aromatic ring is 1. The second kappa shape index (κ2) is 4.09. The quantitative estimate of drug-likeness (QED) is 0.794. The Kier molecular flexibility index (Phi) is 2.80. The van der Waals surface area contributed by atoms with E-state index in [1.54, 1.807) is 6.20 Å². The van der Waals surface area contributed by atoms with E-state index >= 15 is 0 Å². The zero-order valence-electron chi connectivity index (χ0n) is 9.29. The van der Waals surface area contributed by atoms with Gasteiger partial charge in [-0.25, -0.2) is 4.98 Å². The van der Waals surface area contributed by atoms with Crippen LogP contribution in [0.15, 0.2) is 18.3 Å². The lowest BCUT2D eigenvalue weighted by Gasteiger charge is -2.41. The average Bonchev–Trinajstić information content (AvgIpc) is 2.19. The van der Waals surface area contributed by atoms with Gasteiger partial charge in [-0.2, -0.15) is 0 Å². The number of nitrogens with two attached hydrogens (primary N) is 1. The standard InChI is InChI=1S/C12H19N3/c1-2-12(6-4-7-12)9-15-10-5-3-8-14-11(10)13/h3,5,8,15H,2,4,6-7,9H2,1H3,(H2,13,14). The van der Waals surface area contributed by atoms with Crippen LogP contribution in [0.1, 0.15) is 32.6 Å². The summed E-state index contributed by atoms with van der Waals surface area (Å²) < 4.78 is 0. The molecular weight excluding hydrogens is 186 g/mol. The number of anilines is 2. The number of aromatic nitrogens is 1. The Morgan fingerprint density at radius 1 is 1.53 bits per heavy atom. The first-order chi connectivity index (χ1) is 7.26. The molecule has 15 heavy (non-hydrogen) atoms. The molecule has 0 aromatic carbocycles. The third-order valence-electron chi connectivity index (χ3n) is 3.66. The average molecular weight is 205 g/mol. The highest BCUT2D eigenvalue weighted by molar-refractivity contribution is 5.60. The second-order valence-corrected chi connectivity index (χ2v) is 4.50. The van der Waals surface area contributed by atoms with Crippen molar-refractivity contribution in [1.82, 2.24) is 4.98 Å². The lowest BCUT2D eigenvalue weighted by molar-refractivity contribution is 0.145. The van der Waals surface area contributed by atoms with Crippen LogP contribution in [-0.2, 0) is 0 Å². The molecule has 0 unspecified atom stereocenters. The summed E-state index contributed by atoms with van der Waals surface area (Å²) in [5, 5.41) is 3.42. The molecule has 3 N–H and O–H groups in total. The minimum absolute atomic E-state index is 0.516. The molecule has 0 aliphatic heterocycles. The second-order valence-electron chi connectivity index (χ2n) is 4.50. The maximum atomic E-state index is 5.78. The van der Waals surface area contributed by atoms with Gasteiger partial charge in [0.05, 0.1) is 5.69 Å². The molecule has 1 aliphatic carbocycles. The fourth-order valence-corrected chi connectivity index (χ4v) is 2.18. The fourth-order valence-electron chi connectivity index (χ4n) is 2.18. The Balaban J connectivity index is 1.95. The molecule has 82 valence electrons. The largest absolute Gasteiger partial charge is 0.382 e. The first kappa shape index (κ1) is 10.3. The summed E-state index contributed by atoms with van der Waals surface area (Å²) in [7, 11) is 0. The van der Waals surface area contributed by atoms with Crippen molar-refractivity contribution in [3.05, 3.63) is 18.3 Å². The molecule has 0 saturated heterocycles. The zero-order valence-corrected chi connectivity index (χ0v) is 9.29. The fraction of sp³-hybridized carbons (Fsp3) is 0.583. The normalized spacial score (nSPS) is 18.2. The molecule has 0 spiro atoms. The summed E-state index contributed by atoms with van der Waals surface area (Å²) in [6, 6.07) is 3.91. The van der Waals surface area contributed by atoms with E-state index in [9.17, 15) is 0 Å². The van der Waals surface area contributed by atoms with E-state index in [2.05, 4.69) is 17.2 Å². The highest BCUT2D eigenvalue weighted by Gasteiger charge is 2.34. The molecule has 1 aromatic rings. The third-order valence-corrected chi connectivity index (χ3v) is 3.66. The van der Waals surface area contributed by atoms with Gasteiger partial charge in [0.2, 0.25) is 0 Å². The summed E-state index contributed by atoms with van der Waals surface area (Å²) in [5.74, 6) is 0.600. The van der Waals surface area contributed by atoms with Gasteiger partial charge in [0.15, 0.2) is 0 Å². The van der Waals surface area contributed by atoms with Gasteiger partial charge < -0.3 is 11.1 Å². The van der Waals surface area contributed by atoms with Crippen LogP contribution in [0.4, 0.5) is 11.5 Å². The van der Waals surface area contributed by atoms with Crippen molar-refractivity contribution >= 4 is 11.5 Å². The molecule has 0 amide bonds. The van der Waals surface area contributed by atoms with E-state index in [4.69, 9.17) is 5.73 Å². The molecular formula is C12H19N3. The molecule has 1 aliphatic rings. The Morgan fingerprint density at radius 2 is 2.33 bits per heavy atom. The van der Waals surface area contributed by atoms with Gasteiger partial charge in [-0.1, -0.05) is 13.3 Å². The van der Waals surface area contributed by atoms with Crippen molar-refractivity contribution in [3.8, 4) is 0 Å². The van der Waals surface area contributed by atoms with Gasteiger partial charge in [-0.15, -0.1) is 0 Å². The summed E-state index contributed by atoms with van der Waals surface area (Å²) in [5.41, 5.74) is 7.26. The number of hydrogen-bond acceptors (Lipinski definition) is 3. The molecule has 0 radical (unpaired) electrons. The maximum absolute atomic E-state index is 5.78. The van der Waals surface area contributed by atoms with Gasteiger partial charge in [0.25, 0.3) is 0 Å². The lowest BCUT2D eigenvalue weighted by Crippen LogP contribution is -2.36. The summed E-state index contributed by atoms with van der Waals surface area (Å²) >= 11 is 0. The predicted octanol–water partition coefficient (Wildman–Crippen LogP) is 2.66. The molecule has 0 bridgehead atoms. The highest BCUT2D eigenvalue weighted by Crippen LogP contribution is 2.43. The Labute approximate surface area is 91.1 Å². The van der Waals surface area contributed by atoms with Crippen molar-refractivity contribution in [3.63, 3.8) is 0 Å². The maximum Gasteiger partial charge on any atom is 0.146 e. The first-order valence-electron chi connectivity index (χ1n) is 5.70. The van der Waals surface area contributed by atoms with Crippen LogP contribution in [0.5, 0.6) is 0 Å². The molecule has 1 fully saturated rings. The number of pyridine rings is 1. The third kappa shape index (κ3) is 2.06. The van der Waals surface area contributed by atoms with Gasteiger partial charge in [0, 0.05) is 12.7 Å². The molecule has 2 rings (SSSR count). The summed E-state index contributed by atoms with van der Waals surface area (Å²) in [6.07, 6.45) is 7.03. The van der Waals surface area contributed by atoms with Crippen LogP contribution in [0.2, 0.25) is 0 Å². The van der Waals surface area contributed by atoms with E-state index in [0.29, 0.717) is 11.2 Å². The van der Waals surface area contributed by atoms with Crippen LogP contribution in [-0.4, -0.2) is 11.5 Å². The van der Waals surface area contributed by atoms with Gasteiger partial charge in [0.1, 0.15) is 5.82 Å². The van der Waals surface area contributed by atoms with E-state index in [0.717, 1.165) is 12.2 Å². The van der Waals surface area contributed by atoms with E-state index in [-0.39, 0.29) is 0 Å². The lowest BCUT2D eigenvalue weighted by atomic mass is 9.67. The number of nitrogens with zero attached hydrogens (tertiary/aromatic N) is 1. The summed E-state index contributed by atoms with van der Waals surface area (Å²) in [4.78, 5) is 4.06. The summed E-state index contributed by atoms with van der Waals surface area (Å²) in [6.45, 7) is 3.30. The smallest absolute Gasteiger partial charge is 0.146 e. The van der Waals surface area contributed by atoms with Crippen LogP contribution in [0.3, 0.4) is 0 Å². The number of hydrogen-bond donors (Lipinski definition) is 2. The van der Waals surface area contributed by atoms with Crippen molar-refractivity contribution in [1.29, 1.82) is 0 Å². The molecule has 1 heterocycles. The van der Waals surface area contributed by atoms with Crippen LogP contribution in [0.25, 0.3) is 0 Å². The van der Waals surface area contributed by atoms with Crippen molar-refractivity contribution < 1.29 is 0 Å². The van der Waals surface area contributed by atoms with Crippen molar-refractivity contribution in [2.75, 3.05) is 17.6 Å². The van der Waals surface area contributed by atoms with E-state index < -0.39 is 0 Å².